The van der Waals surface area contributed by atoms with E-state index in [1.807, 2.05) is 36.4 Å². The van der Waals surface area contributed by atoms with Gasteiger partial charge in [0.15, 0.2) is 17.5 Å². The Balaban J connectivity index is 0.932. The number of rotatable bonds is 6. The van der Waals surface area contributed by atoms with E-state index < -0.39 is 0 Å². The first-order valence-electron chi connectivity index (χ1n) is 21.1. The number of aromatic nitrogens is 4. The van der Waals surface area contributed by atoms with E-state index in [0.717, 1.165) is 94.0 Å². The molecular formula is C57H34N4O2. The summed E-state index contributed by atoms with van der Waals surface area (Å²) >= 11 is 0. The van der Waals surface area contributed by atoms with Crippen LogP contribution in [-0.4, -0.2) is 19.5 Å². The number of nitrogens with zero attached hydrogens (tertiary/aromatic N) is 4. The first-order valence-corrected chi connectivity index (χ1v) is 21.1. The lowest BCUT2D eigenvalue weighted by molar-refractivity contribution is 0.669. The van der Waals surface area contributed by atoms with E-state index in [1.54, 1.807) is 0 Å². The molecule has 13 aromatic rings. The zero-order valence-corrected chi connectivity index (χ0v) is 33.7. The SMILES string of the molecule is c1ccc(-c2ccc(-c3nc(-c4ccc5c(c4)oc4ccccc45)nc(-c4ccc5c(c4)oc4cc(-c6cccc7c6c6ccccc6n7-c6ccccc6)ccc45)n3)cc2)cc1. The Morgan fingerprint density at radius 2 is 0.762 bits per heavy atom. The second-order valence-electron chi connectivity index (χ2n) is 16.0. The summed E-state index contributed by atoms with van der Waals surface area (Å²) in [6.45, 7) is 0. The molecule has 6 heteroatoms. The van der Waals surface area contributed by atoms with Crippen molar-refractivity contribution in [3.8, 4) is 62.1 Å². The monoisotopic (exact) mass is 806 g/mol. The highest BCUT2D eigenvalue weighted by molar-refractivity contribution is 6.16. The second kappa shape index (κ2) is 14.0. The highest BCUT2D eigenvalue weighted by atomic mass is 16.3. The topological polar surface area (TPSA) is 69.9 Å². The smallest absolute Gasteiger partial charge is 0.164 e. The molecule has 0 spiro atoms. The highest BCUT2D eigenvalue weighted by Gasteiger charge is 2.19. The Bertz CT molecular complexity index is 3900. The van der Waals surface area contributed by atoms with Crippen molar-refractivity contribution in [3.05, 3.63) is 206 Å². The summed E-state index contributed by atoms with van der Waals surface area (Å²) in [5.74, 6) is 1.69. The third-order valence-electron chi connectivity index (χ3n) is 12.3. The molecule has 0 saturated heterocycles. The van der Waals surface area contributed by atoms with Crippen molar-refractivity contribution in [1.82, 2.24) is 19.5 Å². The number of fused-ring (bicyclic) bond motifs is 9. The standard InChI is InChI=1S/C57H34N4O2/c1-3-12-35(13-4-1)36-22-24-37(25-23-36)55-58-56(39-27-30-44-43-16-8-10-21-50(43)62-52(44)33-39)60-57(59-55)40-28-31-46-45-29-26-38(32-51(45)63-53(46)34-40)42-18-11-20-49-54(42)47-17-7-9-19-48(47)61(49)41-14-5-2-6-15-41/h1-34H. The molecule has 294 valence electrons. The Kier molecular flexibility index (Phi) is 7.80. The lowest BCUT2D eigenvalue weighted by Crippen LogP contribution is -2.00. The van der Waals surface area contributed by atoms with Crippen LogP contribution in [0.1, 0.15) is 0 Å². The van der Waals surface area contributed by atoms with Crippen LogP contribution in [0.5, 0.6) is 0 Å². The fourth-order valence-corrected chi connectivity index (χ4v) is 9.27. The third-order valence-corrected chi connectivity index (χ3v) is 12.3. The molecule has 63 heavy (non-hydrogen) atoms. The van der Waals surface area contributed by atoms with E-state index in [9.17, 15) is 0 Å². The predicted molar refractivity (Wildman–Crippen MR) is 256 cm³/mol. The Morgan fingerprint density at radius 3 is 1.44 bits per heavy atom. The van der Waals surface area contributed by atoms with E-state index in [1.165, 1.54) is 16.3 Å². The van der Waals surface area contributed by atoms with Crippen LogP contribution in [0.3, 0.4) is 0 Å². The zero-order chi connectivity index (χ0) is 41.4. The molecule has 0 atom stereocenters. The Morgan fingerprint density at radius 1 is 0.302 bits per heavy atom. The molecule has 9 aromatic carbocycles. The van der Waals surface area contributed by atoms with E-state index in [4.69, 9.17) is 23.8 Å². The number of benzene rings is 9. The first kappa shape index (κ1) is 35.2. The minimum absolute atomic E-state index is 0.552. The maximum atomic E-state index is 6.72. The molecule has 0 fully saturated rings. The number of para-hydroxylation sites is 3. The van der Waals surface area contributed by atoms with Gasteiger partial charge >= 0.3 is 0 Å². The van der Waals surface area contributed by atoms with Crippen LogP contribution in [0.4, 0.5) is 0 Å². The van der Waals surface area contributed by atoms with Gasteiger partial charge in [-0.15, -0.1) is 0 Å². The Hall–Kier alpha value is -8.61. The second-order valence-corrected chi connectivity index (χ2v) is 16.0. The molecule has 0 unspecified atom stereocenters. The molecule has 0 saturated carbocycles. The highest BCUT2D eigenvalue weighted by Crippen LogP contribution is 2.41. The van der Waals surface area contributed by atoms with E-state index in [-0.39, 0.29) is 0 Å². The molecule has 0 aliphatic carbocycles. The average Bonchev–Trinajstić information content (AvgIpc) is 4.03. The van der Waals surface area contributed by atoms with Crippen LogP contribution in [-0.2, 0) is 0 Å². The number of hydrogen-bond donors (Lipinski definition) is 0. The van der Waals surface area contributed by atoms with Gasteiger partial charge in [0.2, 0.25) is 0 Å². The molecule has 6 nitrogen and oxygen atoms in total. The van der Waals surface area contributed by atoms with Crippen molar-refractivity contribution in [3.63, 3.8) is 0 Å². The molecule has 0 aliphatic rings. The molecule has 0 aliphatic heterocycles. The largest absolute Gasteiger partial charge is 0.456 e. The van der Waals surface area contributed by atoms with E-state index >= 15 is 0 Å². The van der Waals surface area contributed by atoms with Crippen molar-refractivity contribution >= 4 is 65.7 Å². The van der Waals surface area contributed by atoms with Gasteiger partial charge in [0.1, 0.15) is 22.3 Å². The minimum atomic E-state index is 0.552. The summed E-state index contributed by atoms with van der Waals surface area (Å²) in [7, 11) is 0. The molecular weight excluding hydrogens is 773 g/mol. The molecule has 4 aromatic heterocycles. The molecule has 0 amide bonds. The van der Waals surface area contributed by atoms with Gasteiger partial charge in [-0.2, -0.15) is 0 Å². The van der Waals surface area contributed by atoms with Crippen molar-refractivity contribution in [2.45, 2.75) is 0 Å². The van der Waals surface area contributed by atoms with Gasteiger partial charge in [-0.3, -0.25) is 0 Å². The van der Waals surface area contributed by atoms with Gasteiger partial charge in [0, 0.05) is 54.7 Å². The fraction of sp³-hybridized carbons (Fsp3) is 0. The quantitative estimate of drug-likeness (QED) is 0.167. The summed E-state index contributed by atoms with van der Waals surface area (Å²) in [5.41, 5.74) is 13.8. The molecule has 0 N–H and O–H groups in total. The van der Waals surface area contributed by atoms with Crippen molar-refractivity contribution in [2.24, 2.45) is 0 Å². The van der Waals surface area contributed by atoms with Crippen LogP contribution in [0.15, 0.2) is 215 Å². The van der Waals surface area contributed by atoms with Crippen molar-refractivity contribution < 1.29 is 8.83 Å². The van der Waals surface area contributed by atoms with Crippen molar-refractivity contribution in [1.29, 1.82) is 0 Å². The summed E-state index contributed by atoms with van der Waals surface area (Å²) in [5, 5.41) is 6.63. The summed E-state index contributed by atoms with van der Waals surface area (Å²) in [6.07, 6.45) is 0. The predicted octanol–water partition coefficient (Wildman–Crippen LogP) is 15.1. The lowest BCUT2D eigenvalue weighted by Gasteiger charge is -2.09. The maximum absolute atomic E-state index is 6.72. The summed E-state index contributed by atoms with van der Waals surface area (Å²) in [6, 6.07) is 71.6. The van der Waals surface area contributed by atoms with Gasteiger partial charge in [0.25, 0.3) is 0 Å². The molecule has 0 radical (unpaired) electrons. The van der Waals surface area contributed by atoms with Crippen LogP contribution < -0.4 is 0 Å². The normalized spacial score (nSPS) is 11.8. The van der Waals surface area contributed by atoms with Crippen LogP contribution in [0, 0.1) is 0 Å². The van der Waals surface area contributed by atoms with Crippen LogP contribution in [0.2, 0.25) is 0 Å². The van der Waals surface area contributed by atoms with Gasteiger partial charge in [-0.1, -0.05) is 140 Å². The van der Waals surface area contributed by atoms with Crippen molar-refractivity contribution in [2.75, 3.05) is 0 Å². The third kappa shape index (κ3) is 5.76. The maximum Gasteiger partial charge on any atom is 0.164 e. The van der Waals surface area contributed by atoms with Gasteiger partial charge in [-0.25, -0.2) is 15.0 Å². The molecule has 0 bridgehead atoms. The van der Waals surface area contributed by atoms with Gasteiger partial charge in [-0.05, 0) is 89.0 Å². The first-order chi connectivity index (χ1) is 31.2. The minimum Gasteiger partial charge on any atom is -0.456 e. The van der Waals surface area contributed by atoms with Gasteiger partial charge < -0.3 is 13.4 Å². The van der Waals surface area contributed by atoms with E-state index in [0.29, 0.717) is 17.5 Å². The zero-order valence-electron chi connectivity index (χ0n) is 33.7. The lowest BCUT2D eigenvalue weighted by atomic mass is 9.98. The number of furan rings is 2. The van der Waals surface area contributed by atoms with Crippen LogP contribution >= 0.6 is 0 Å². The average molecular weight is 807 g/mol. The fourth-order valence-electron chi connectivity index (χ4n) is 9.27. The van der Waals surface area contributed by atoms with E-state index in [2.05, 4.69) is 174 Å². The van der Waals surface area contributed by atoms with Crippen LogP contribution in [0.25, 0.3) is 128 Å². The number of hydrogen-bond acceptors (Lipinski definition) is 5. The van der Waals surface area contributed by atoms with Gasteiger partial charge in [0.05, 0.1) is 11.0 Å². The summed E-state index contributed by atoms with van der Waals surface area (Å²) < 4.78 is 15.4. The summed E-state index contributed by atoms with van der Waals surface area (Å²) in [4.78, 5) is 15.3. The molecule has 4 heterocycles. The Labute approximate surface area is 361 Å². The molecule has 13 rings (SSSR count).